The second kappa shape index (κ2) is 9.76. The first kappa shape index (κ1) is 20.5. The molecule has 0 bridgehead atoms. The minimum atomic E-state index is -0.486. The molecule has 2 aromatic carbocycles. The zero-order chi connectivity index (χ0) is 19.8. The number of hydrogen-bond acceptors (Lipinski definition) is 5. The third-order valence-electron chi connectivity index (χ3n) is 3.50. The lowest BCUT2D eigenvalue weighted by Crippen LogP contribution is -2.11. The Hall–Kier alpha value is -2.82. The van der Waals surface area contributed by atoms with Gasteiger partial charge in [0.2, 0.25) is 0 Å². The second-order valence-corrected chi connectivity index (χ2v) is 7.14. The van der Waals surface area contributed by atoms with E-state index in [1.807, 2.05) is 13.8 Å². The van der Waals surface area contributed by atoms with Crippen molar-refractivity contribution >= 4 is 11.9 Å². The number of carbonyl (C=O) groups excluding carboxylic acids is 2. The zero-order valence-corrected chi connectivity index (χ0v) is 16.2. The topological polar surface area (TPSA) is 61.8 Å². The van der Waals surface area contributed by atoms with E-state index < -0.39 is 11.9 Å². The van der Waals surface area contributed by atoms with Crippen molar-refractivity contribution in [1.29, 1.82) is 0 Å². The molecular formula is C22H26O5. The third kappa shape index (κ3) is 6.77. The van der Waals surface area contributed by atoms with Gasteiger partial charge in [0.05, 0.1) is 24.3 Å². The number of rotatable bonds is 8. The minimum Gasteiger partial charge on any atom is -0.493 e. The smallest absolute Gasteiger partial charge is 0.343 e. The van der Waals surface area contributed by atoms with Crippen molar-refractivity contribution in [2.75, 3.05) is 13.2 Å². The average Bonchev–Trinajstić information content (AvgIpc) is 2.65. The zero-order valence-electron chi connectivity index (χ0n) is 16.2. The molecule has 0 amide bonds. The van der Waals surface area contributed by atoms with Gasteiger partial charge in [-0.3, -0.25) is 0 Å². The molecule has 2 aromatic rings. The SMILES string of the molecule is CC(C)COC(=O)c1ccc(OC(=O)c2cccc(OCC(C)C)c2)cc1. The molecule has 0 aliphatic heterocycles. The summed E-state index contributed by atoms with van der Waals surface area (Å²) in [4.78, 5) is 24.2. The molecule has 27 heavy (non-hydrogen) atoms. The van der Waals surface area contributed by atoms with Crippen LogP contribution >= 0.6 is 0 Å². The van der Waals surface area contributed by atoms with Crippen molar-refractivity contribution in [1.82, 2.24) is 0 Å². The highest BCUT2D eigenvalue weighted by molar-refractivity contribution is 5.92. The maximum atomic E-state index is 12.3. The molecule has 144 valence electrons. The predicted molar refractivity (Wildman–Crippen MR) is 103 cm³/mol. The average molecular weight is 370 g/mol. The van der Waals surface area contributed by atoms with Crippen molar-refractivity contribution in [3.63, 3.8) is 0 Å². The van der Waals surface area contributed by atoms with Gasteiger partial charge in [0.15, 0.2) is 0 Å². The molecule has 0 radical (unpaired) electrons. The highest BCUT2D eigenvalue weighted by Crippen LogP contribution is 2.18. The normalized spacial score (nSPS) is 10.7. The highest BCUT2D eigenvalue weighted by Gasteiger charge is 2.12. The van der Waals surface area contributed by atoms with E-state index in [9.17, 15) is 9.59 Å². The monoisotopic (exact) mass is 370 g/mol. The molecule has 5 heteroatoms. The Morgan fingerprint density at radius 3 is 2.07 bits per heavy atom. The van der Waals surface area contributed by atoms with E-state index in [1.54, 1.807) is 48.5 Å². The fourth-order valence-corrected chi connectivity index (χ4v) is 2.13. The van der Waals surface area contributed by atoms with Crippen LogP contribution in [0.3, 0.4) is 0 Å². The largest absolute Gasteiger partial charge is 0.493 e. The van der Waals surface area contributed by atoms with Crippen LogP contribution in [0.15, 0.2) is 48.5 Å². The van der Waals surface area contributed by atoms with Crippen LogP contribution in [0, 0.1) is 11.8 Å². The van der Waals surface area contributed by atoms with Gasteiger partial charge in [0.1, 0.15) is 11.5 Å². The first-order valence-corrected chi connectivity index (χ1v) is 9.07. The van der Waals surface area contributed by atoms with E-state index >= 15 is 0 Å². The van der Waals surface area contributed by atoms with Crippen LogP contribution in [-0.2, 0) is 4.74 Å². The molecule has 0 fully saturated rings. The van der Waals surface area contributed by atoms with E-state index in [1.165, 1.54) is 0 Å². The molecule has 0 spiro atoms. The van der Waals surface area contributed by atoms with E-state index in [2.05, 4.69) is 13.8 Å². The van der Waals surface area contributed by atoms with Gasteiger partial charge in [-0.25, -0.2) is 9.59 Å². The number of carbonyl (C=O) groups is 2. The summed E-state index contributed by atoms with van der Waals surface area (Å²) in [7, 11) is 0. The molecule has 5 nitrogen and oxygen atoms in total. The van der Waals surface area contributed by atoms with Crippen molar-refractivity contribution in [3.8, 4) is 11.5 Å². The van der Waals surface area contributed by atoms with Gasteiger partial charge >= 0.3 is 11.9 Å². The third-order valence-corrected chi connectivity index (χ3v) is 3.50. The molecule has 0 aliphatic rings. The lowest BCUT2D eigenvalue weighted by atomic mass is 10.2. The highest BCUT2D eigenvalue weighted by atomic mass is 16.5. The van der Waals surface area contributed by atoms with Crippen LogP contribution < -0.4 is 9.47 Å². The summed E-state index contributed by atoms with van der Waals surface area (Å²) >= 11 is 0. The number of esters is 2. The Labute approximate surface area is 160 Å². The predicted octanol–water partition coefficient (Wildman–Crippen LogP) is 4.75. The van der Waals surface area contributed by atoms with Crippen LogP contribution in [0.25, 0.3) is 0 Å². The number of hydrogen-bond donors (Lipinski definition) is 0. The standard InChI is InChI=1S/C22H26O5/c1-15(2)13-25-20-7-5-6-18(12-20)22(24)27-19-10-8-17(9-11-19)21(23)26-14-16(3)4/h5-12,15-16H,13-14H2,1-4H3. The lowest BCUT2D eigenvalue weighted by molar-refractivity contribution is 0.0459. The first-order valence-electron chi connectivity index (χ1n) is 9.07. The summed E-state index contributed by atoms with van der Waals surface area (Å²) in [5, 5.41) is 0. The van der Waals surface area contributed by atoms with Crippen molar-refractivity contribution in [3.05, 3.63) is 59.7 Å². The molecule has 2 rings (SSSR count). The van der Waals surface area contributed by atoms with Crippen molar-refractivity contribution < 1.29 is 23.8 Å². The summed E-state index contributed by atoms with van der Waals surface area (Å²) in [5.41, 5.74) is 0.816. The van der Waals surface area contributed by atoms with E-state index in [0.717, 1.165) is 0 Å². The second-order valence-electron chi connectivity index (χ2n) is 7.14. The van der Waals surface area contributed by atoms with Crippen LogP contribution in [-0.4, -0.2) is 25.2 Å². The minimum absolute atomic E-state index is 0.273. The molecule has 0 unspecified atom stereocenters. The summed E-state index contributed by atoms with van der Waals surface area (Å²) in [6.07, 6.45) is 0. The van der Waals surface area contributed by atoms with Gasteiger partial charge in [0.25, 0.3) is 0 Å². The molecule has 0 saturated heterocycles. The summed E-state index contributed by atoms with van der Waals surface area (Å²) in [6.45, 7) is 9.00. The van der Waals surface area contributed by atoms with Crippen molar-refractivity contribution in [2.45, 2.75) is 27.7 Å². The van der Waals surface area contributed by atoms with Gasteiger partial charge in [0, 0.05) is 0 Å². The molecule has 0 heterocycles. The molecule has 0 N–H and O–H groups in total. The fourth-order valence-electron chi connectivity index (χ4n) is 2.13. The Bertz CT molecular complexity index is 763. The van der Waals surface area contributed by atoms with Gasteiger partial charge in [-0.2, -0.15) is 0 Å². The Morgan fingerprint density at radius 1 is 0.778 bits per heavy atom. The fraction of sp³-hybridized carbons (Fsp3) is 0.364. The molecule has 0 atom stereocenters. The summed E-state index contributed by atoms with van der Waals surface area (Å²) < 4.78 is 16.2. The Morgan fingerprint density at radius 2 is 1.44 bits per heavy atom. The van der Waals surface area contributed by atoms with Crippen LogP contribution in [0.4, 0.5) is 0 Å². The van der Waals surface area contributed by atoms with E-state index in [0.29, 0.717) is 41.8 Å². The van der Waals surface area contributed by atoms with Gasteiger partial charge in [-0.1, -0.05) is 33.8 Å². The van der Waals surface area contributed by atoms with Gasteiger partial charge < -0.3 is 14.2 Å². The maximum Gasteiger partial charge on any atom is 0.343 e. The Kier molecular flexibility index (Phi) is 7.41. The Balaban J connectivity index is 1.97. The summed E-state index contributed by atoms with van der Waals surface area (Å²) in [6, 6.07) is 13.2. The van der Waals surface area contributed by atoms with Gasteiger partial charge in [-0.05, 0) is 54.3 Å². The van der Waals surface area contributed by atoms with Gasteiger partial charge in [-0.15, -0.1) is 0 Å². The maximum absolute atomic E-state index is 12.3. The van der Waals surface area contributed by atoms with Crippen LogP contribution in [0.1, 0.15) is 48.4 Å². The van der Waals surface area contributed by atoms with Crippen LogP contribution in [0.5, 0.6) is 11.5 Å². The lowest BCUT2D eigenvalue weighted by Gasteiger charge is -2.10. The molecule has 0 aromatic heterocycles. The number of ether oxygens (including phenoxy) is 3. The number of benzene rings is 2. The quantitative estimate of drug-likeness (QED) is 0.495. The molecular weight excluding hydrogens is 344 g/mol. The first-order chi connectivity index (χ1) is 12.8. The van der Waals surface area contributed by atoms with E-state index in [4.69, 9.17) is 14.2 Å². The molecule has 0 saturated carbocycles. The summed E-state index contributed by atoms with van der Waals surface area (Å²) in [5.74, 6) is 0.771. The van der Waals surface area contributed by atoms with E-state index in [-0.39, 0.29) is 5.92 Å². The van der Waals surface area contributed by atoms with Crippen molar-refractivity contribution in [2.24, 2.45) is 11.8 Å². The van der Waals surface area contributed by atoms with Crippen LogP contribution in [0.2, 0.25) is 0 Å². The molecule has 0 aliphatic carbocycles.